The van der Waals surface area contributed by atoms with Gasteiger partial charge in [-0.3, -0.25) is 0 Å². The van der Waals surface area contributed by atoms with Crippen LogP contribution in [0.5, 0.6) is 0 Å². The number of rotatable bonds is 2. The Morgan fingerprint density at radius 1 is 1.06 bits per heavy atom. The van der Waals surface area contributed by atoms with Crippen LogP contribution in [-0.2, 0) is 0 Å². The first-order valence-corrected chi connectivity index (χ1v) is 10.00. The molecule has 0 aromatic carbocycles. The summed E-state index contributed by atoms with van der Waals surface area (Å²) in [6, 6.07) is 0. The lowest BCUT2D eigenvalue weighted by molar-refractivity contribution is 2.20. The molecule has 0 bridgehead atoms. The van der Waals surface area contributed by atoms with Crippen molar-refractivity contribution in [2.75, 3.05) is 12.5 Å². The molecular weight excluding hydrogens is 313 g/mol. The molecule has 0 aliphatic carbocycles. The minimum atomic E-state index is 1.03. The number of hydrogen-bond donors (Lipinski definition) is 0. The molecule has 84 valence electrons. The molecule has 0 unspecified atom stereocenters. The van der Waals surface area contributed by atoms with Crippen LogP contribution < -0.4 is 0 Å². The Balaban J connectivity index is 2.13. The fourth-order valence-corrected chi connectivity index (χ4v) is 8.37. The van der Waals surface area contributed by atoms with Gasteiger partial charge >= 0.3 is 0 Å². The van der Waals surface area contributed by atoms with Crippen molar-refractivity contribution in [2.45, 2.75) is 0 Å². The summed E-state index contributed by atoms with van der Waals surface area (Å²) in [6.45, 7) is 0. The van der Waals surface area contributed by atoms with Crippen molar-refractivity contribution in [1.82, 2.24) is 0 Å². The summed E-state index contributed by atoms with van der Waals surface area (Å²) in [6.07, 6.45) is 9.66. The number of hydrogen-bond acceptors (Lipinski definition) is 6. The first-order valence-electron chi connectivity index (χ1n) is 4.22. The van der Waals surface area contributed by atoms with Gasteiger partial charge in [0.1, 0.15) is 0 Å². The van der Waals surface area contributed by atoms with Crippen LogP contribution in [0.25, 0.3) is 0 Å². The van der Waals surface area contributed by atoms with Gasteiger partial charge in [-0.05, 0) is 17.9 Å². The Bertz CT molecular complexity index is 419. The maximum Gasteiger partial charge on any atom is 0.0717 e. The van der Waals surface area contributed by atoms with E-state index in [1.807, 2.05) is 47.0 Å². The van der Waals surface area contributed by atoms with E-state index in [2.05, 4.69) is 23.8 Å². The van der Waals surface area contributed by atoms with Crippen LogP contribution in [0.15, 0.2) is 27.3 Å². The molecule has 6 heteroatoms. The second-order valence-electron chi connectivity index (χ2n) is 2.61. The Labute approximate surface area is 122 Å². The lowest BCUT2D eigenvalue weighted by Gasteiger charge is -2.00. The van der Waals surface area contributed by atoms with E-state index < -0.39 is 0 Å². The highest BCUT2D eigenvalue weighted by atomic mass is 32.3. The molecule has 0 aromatic heterocycles. The normalized spacial score (nSPS) is 20.4. The van der Waals surface area contributed by atoms with E-state index in [4.69, 9.17) is 6.42 Å². The number of terminal acetylenes is 1. The third-order valence-electron chi connectivity index (χ3n) is 1.69. The molecule has 0 saturated heterocycles. The Morgan fingerprint density at radius 2 is 1.69 bits per heavy atom. The monoisotopic (exact) mass is 320 g/mol. The van der Waals surface area contributed by atoms with E-state index in [9.17, 15) is 0 Å². The number of thioether (sulfide) groups is 6. The Kier molecular flexibility index (Phi) is 5.13. The molecule has 0 spiro atoms. The predicted octanol–water partition coefficient (Wildman–Crippen LogP) is 5.40. The standard InChI is InChI=1S/C10H8S6/c1-4-6-5-13-9(14-6)10-15-7(11-2)8(12-3)16-10/h1,5H,2-3H3. The molecule has 0 N–H and O–H groups in total. The molecule has 0 amide bonds. The molecule has 2 rings (SSSR count). The fraction of sp³-hybridized carbons (Fsp3) is 0.200. The molecule has 2 aliphatic heterocycles. The second-order valence-corrected chi connectivity index (χ2v) is 9.25. The molecule has 0 aromatic rings. The second kappa shape index (κ2) is 6.17. The maximum absolute atomic E-state index is 5.39. The lowest BCUT2D eigenvalue weighted by Crippen LogP contribution is -1.67. The van der Waals surface area contributed by atoms with Crippen LogP contribution in [0.3, 0.4) is 0 Å². The van der Waals surface area contributed by atoms with Crippen molar-refractivity contribution in [3.05, 3.63) is 27.3 Å². The molecule has 0 atom stereocenters. The van der Waals surface area contributed by atoms with Gasteiger partial charge in [-0.25, -0.2) is 0 Å². The Morgan fingerprint density at radius 3 is 2.12 bits per heavy atom. The van der Waals surface area contributed by atoms with E-state index in [0.29, 0.717) is 0 Å². The molecule has 2 heterocycles. The van der Waals surface area contributed by atoms with Crippen molar-refractivity contribution in [2.24, 2.45) is 0 Å². The van der Waals surface area contributed by atoms with Gasteiger partial charge in [-0.2, -0.15) is 0 Å². The zero-order valence-electron chi connectivity index (χ0n) is 8.60. The zero-order valence-corrected chi connectivity index (χ0v) is 13.5. The highest BCUT2D eigenvalue weighted by Crippen LogP contribution is 2.61. The molecule has 2 aliphatic rings. The van der Waals surface area contributed by atoms with Crippen molar-refractivity contribution in [1.29, 1.82) is 0 Å². The Hall–Kier alpha value is 0.880. The summed E-state index contributed by atoms with van der Waals surface area (Å²) in [5.74, 6) is 2.69. The summed E-state index contributed by atoms with van der Waals surface area (Å²) in [5, 5.41) is 2.06. The van der Waals surface area contributed by atoms with Crippen LogP contribution in [0, 0.1) is 12.3 Å². The molecule has 0 saturated carbocycles. The SMILES string of the molecule is C#CC1=CSC(=C2SC(SC)=C(SC)S2)S1. The van der Waals surface area contributed by atoms with Gasteiger partial charge in [0.15, 0.2) is 0 Å². The summed E-state index contributed by atoms with van der Waals surface area (Å²) < 4.78 is 5.54. The van der Waals surface area contributed by atoms with Gasteiger partial charge in [0.2, 0.25) is 0 Å². The van der Waals surface area contributed by atoms with Gasteiger partial charge < -0.3 is 0 Å². The van der Waals surface area contributed by atoms with Crippen molar-refractivity contribution < 1.29 is 0 Å². The minimum Gasteiger partial charge on any atom is -0.121 e. The van der Waals surface area contributed by atoms with Crippen LogP contribution in [-0.4, -0.2) is 12.5 Å². The van der Waals surface area contributed by atoms with Crippen molar-refractivity contribution in [3.63, 3.8) is 0 Å². The summed E-state index contributed by atoms with van der Waals surface area (Å²) in [7, 11) is 0. The van der Waals surface area contributed by atoms with Crippen LogP contribution >= 0.6 is 70.6 Å². The van der Waals surface area contributed by atoms with Crippen LogP contribution in [0.4, 0.5) is 0 Å². The highest BCUT2D eigenvalue weighted by molar-refractivity contribution is 8.42. The summed E-state index contributed by atoms with van der Waals surface area (Å²) >= 11 is 10.9. The molecule has 16 heavy (non-hydrogen) atoms. The summed E-state index contributed by atoms with van der Waals surface area (Å²) in [4.78, 5) is 1.03. The quantitative estimate of drug-likeness (QED) is 0.620. The van der Waals surface area contributed by atoms with E-state index in [1.54, 1.807) is 23.5 Å². The van der Waals surface area contributed by atoms with Crippen molar-refractivity contribution in [3.8, 4) is 12.3 Å². The highest BCUT2D eigenvalue weighted by Gasteiger charge is 2.25. The van der Waals surface area contributed by atoms with Gasteiger partial charge in [-0.1, -0.05) is 53.0 Å². The minimum absolute atomic E-state index is 1.03. The largest absolute Gasteiger partial charge is 0.121 e. The smallest absolute Gasteiger partial charge is 0.0717 e. The first-order chi connectivity index (χ1) is 7.78. The fourth-order valence-electron chi connectivity index (χ4n) is 1.01. The predicted molar refractivity (Wildman–Crippen MR) is 88.4 cm³/mol. The average molecular weight is 321 g/mol. The third kappa shape index (κ3) is 2.82. The molecule has 0 fully saturated rings. The van der Waals surface area contributed by atoms with Crippen LogP contribution in [0.1, 0.15) is 0 Å². The average Bonchev–Trinajstić information content (AvgIpc) is 2.94. The van der Waals surface area contributed by atoms with Gasteiger partial charge in [-0.15, -0.1) is 29.9 Å². The third-order valence-corrected chi connectivity index (χ3v) is 9.74. The zero-order chi connectivity index (χ0) is 11.5. The first kappa shape index (κ1) is 13.3. The maximum atomic E-state index is 5.39. The van der Waals surface area contributed by atoms with Crippen LogP contribution in [0.2, 0.25) is 0 Å². The van der Waals surface area contributed by atoms with Gasteiger partial charge in [0.25, 0.3) is 0 Å². The number of allylic oxidation sites excluding steroid dienone is 1. The van der Waals surface area contributed by atoms with E-state index >= 15 is 0 Å². The molecular formula is C10H8S6. The van der Waals surface area contributed by atoms with E-state index in [1.165, 1.54) is 16.9 Å². The summed E-state index contributed by atoms with van der Waals surface area (Å²) in [5.41, 5.74) is 0. The van der Waals surface area contributed by atoms with E-state index in [-0.39, 0.29) is 0 Å². The lowest BCUT2D eigenvalue weighted by atomic mass is 10.7. The van der Waals surface area contributed by atoms with Gasteiger partial charge in [0, 0.05) is 0 Å². The molecule has 0 nitrogen and oxygen atoms in total. The molecule has 0 radical (unpaired) electrons. The van der Waals surface area contributed by atoms with E-state index in [0.717, 1.165) is 4.91 Å². The topological polar surface area (TPSA) is 0 Å². The van der Waals surface area contributed by atoms with Gasteiger partial charge in [0.05, 0.1) is 21.9 Å². The van der Waals surface area contributed by atoms with Crippen molar-refractivity contribution >= 4 is 70.6 Å².